The minimum absolute atomic E-state index is 0.0376. The van der Waals surface area contributed by atoms with Crippen molar-refractivity contribution < 1.29 is 14.6 Å². The van der Waals surface area contributed by atoms with Crippen molar-refractivity contribution in [2.24, 2.45) is 0 Å². The van der Waals surface area contributed by atoms with E-state index in [1.54, 1.807) is 15.4 Å². The van der Waals surface area contributed by atoms with Crippen LogP contribution in [0.1, 0.15) is 43.7 Å². The first-order valence-corrected chi connectivity index (χ1v) is 14.2. The van der Waals surface area contributed by atoms with Crippen molar-refractivity contribution in [1.82, 2.24) is 34.6 Å². The van der Waals surface area contributed by atoms with Crippen LogP contribution in [-0.2, 0) is 9.53 Å². The number of aliphatic hydroxyl groups is 1. The van der Waals surface area contributed by atoms with Gasteiger partial charge in [0, 0.05) is 28.8 Å². The number of carbonyl (C=O) groups is 1. The van der Waals surface area contributed by atoms with Gasteiger partial charge in [-0.3, -0.25) is 9.78 Å². The summed E-state index contributed by atoms with van der Waals surface area (Å²) in [7, 11) is 1.34. The molecule has 1 aliphatic rings. The molecular weight excluding hydrogens is 544 g/mol. The summed E-state index contributed by atoms with van der Waals surface area (Å²) in [6.07, 6.45) is 5.59. The number of ether oxygens (including phenoxy) is 1. The molecule has 1 saturated carbocycles. The second-order valence-electron chi connectivity index (χ2n) is 11.1. The topological polar surface area (TPSA) is 146 Å². The number of nitrogens with zero attached hydrogens (tertiary/aromatic N) is 7. The Morgan fingerprint density at radius 1 is 1.02 bits per heavy atom. The van der Waals surface area contributed by atoms with E-state index in [9.17, 15) is 9.90 Å². The van der Waals surface area contributed by atoms with E-state index >= 15 is 0 Å². The first-order valence-electron chi connectivity index (χ1n) is 14.2. The van der Waals surface area contributed by atoms with Crippen molar-refractivity contribution >= 4 is 28.5 Å². The summed E-state index contributed by atoms with van der Waals surface area (Å²) >= 11 is 0. The van der Waals surface area contributed by atoms with E-state index < -0.39 is 11.6 Å². The van der Waals surface area contributed by atoms with Crippen LogP contribution in [0.15, 0.2) is 79.1 Å². The van der Waals surface area contributed by atoms with E-state index in [2.05, 4.69) is 15.4 Å². The van der Waals surface area contributed by atoms with Gasteiger partial charge >= 0.3 is 5.97 Å². The number of hydrogen-bond acceptors (Lipinski definition) is 9. The lowest BCUT2D eigenvalue weighted by Crippen LogP contribution is -2.36. The smallest absolute Gasteiger partial charge is 0.308 e. The number of benzene rings is 2. The molecule has 216 valence electrons. The average Bonchev–Trinajstić information content (AvgIpc) is 3.67. The zero-order valence-electron chi connectivity index (χ0n) is 23.6. The summed E-state index contributed by atoms with van der Waals surface area (Å²) in [5, 5.41) is 24.6. The van der Waals surface area contributed by atoms with Crippen LogP contribution in [0, 0.1) is 0 Å². The monoisotopic (exact) mass is 574 g/mol. The number of rotatable bonds is 6. The molecule has 0 atom stereocenters. The number of nitrogen functional groups attached to an aromatic ring is 1. The largest absolute Gasteiger partial charge is 0.469 e. The minimum atomic E-state index is -1.12. The summed E-state index contributed by atoms with van der Waals surface area (Å²) in [6.45, 7) is 0. The lowest BCUT2D eigenvalue weighted by molar-refractivity contribution is -0.147. The Morgan fingerprint density at radius 2 is 1.79 bits per heavy atom. The molecule has 11 nitrogen and oxygen atoms in total. The fraction of sp³-hybridized carbons (Fsp3) is 0.250. The quantitative estimate of drug-likeness (QED) is 0.270. The maximum Gasteiger partial charge on any atom is 0.308 e. The molecule has 0 aliphatic heterocycles. The van der Waals surface area contributed by atoms with Crippen LogP contribution in [0.4, 0.5) is 5.82 Å². The van der Waals surface area contributed by atoms with E-state index in [1.165, 1.54) is 7.11 Å². The van der Waals surface area contributed by atoms with Crippen LogP contribution in [0.2, 0.25) is 0 Å². The number of nitrogens with two attached hydrogens (primary N) is 1. The molecule has 7 rings (SSSR count). The molecule has 0 spiro atoms. The first-order chi connectivity index (χ1) is 20.9. The molecular formula is C32H30N8O3. The molecule has 1 aliphatic carbocycles. The molecule has 2 aromatic carbocycles. The van der Waals surface area contributed by atoms with Crippen LogP contribution in [0.5, 0.6) is 0 Å². The highest BCUT2D eigenvalue weighted by molar-refractivity contribution is 5.82. The van der Waals surface area contributed by atoms with E-state index in [0.717, 1.165) is 39.1 Å². The van der Waals surface area contributed by atoms with Crippen molar-refractivity contribution in [2.75, 3.05) is 12.8 Å². The molecule has 0 saturated heterocycles. The Labute approximate surface area is 247 Å². The Bertz CT molecular complexity index is 1940. The predicted octanol–water partition coefficient (Wildman–Crippen LogP) is 4.73. The fourth-order valence-electron chi connectivity index (χ4n) is 6.04. The summed E-state index contributed by atoms with van der Waals surface area (Å²) < 4.78 is 8.17. The number of anilines is 1. The number of para-hydroxylation sites is 1. The molecule has 0 amide bonds. The second-order valence-corrected chi connectivity index (χ2v) is 11.1. The average molecular weight is 575 g/mol. The Hall–Kier alpha value is -5.16. The fourth-order valence-corrected chi connectivity index (χ4v) is 6.04. The molecule has 0 bridgehead atoms. The number of pyridine rings is 1. The van der Waals surface area contributed by atoms with Gasteiger partial charge in [-0.2, -0.15) is 9.61 Å². The summed E-state index contributed by atoms with van der Waals surface area (Å²) in [5.41, 5.74) is 12.8. The molecule has 0 unspecified atom stereocenters. The van der Waals surface area contributed by atoms with Crippen molar-refractivity contribution in [3.8, 4) is 28.1 Å². The number of aromatic nitrogens is 7. The van der Waals surface area contributed by atoms with Crippen LogP contribution in [-0.4, -0.2) is 58.4 Å². The highest BCUT2D eigenvalue weighted by Gasteiger charge is 2.38. The van der Waals surface area contributed by atoms with Crippen LogP contribution >= 0.6 is 0 Å². The van der Waals surface area contributed by atoms with Gasteiger partial charge in [-0.15, -0.1) is 5.10 Å². The highest BCUT2D eigenvalue weighted by atomic mass is 16.5. The van der Waals surface area contributed by atoms with E-state index in [0.29, 0.717) is 42.8 Å². The second kappa shape index (κ2) is 10.6. The van der Waals surface area contributed by atoms with E-state index in [4.69, 9.17) is 20.4 Å². The summed E-state index contributed by atoms with van der Waals surface area (Å²) in [5.74, 6) is -0.0917. The van der Waals surface area contributed by atoms with Gasteiger partial charge in [0.2, 0.25) is 0 Å². The molecule has 4 heterocycles. The highest BCUT2D eigenvalue weighted by Crippen LogP contribution is 2.43. The van der Waals surface area contributed by atoms with E-state index in [-0.39, 0.29) is 12.3 Å². The lowest BCUT2D eigenvalue weighted by atomic mass is 9.75. The molecule has 1 fully saturated rings. The van der Waals surface area contributed by atoms with Crippen LogP contribution < -0.4 is 5.73 Å². The van der Waals surface area contributed by atoms with Crippen molar-refractivity contribution in [3.05, 3.63) is 84.8 Å². The Morgan fingerprint density at radius 3 is 2.53 bits per heavy atom. The third kappa shape index (κ3) is 4.77. The number of methoxy groups -OCH3 is 1. The Balaban J connectivity index is 1.34. The van der Waals surface area contributed by atoms with Gasteiger partial charge in [0.15, 0.2) is 11.5 Å². The summed E-state index contributed by atoms with van der Waals surface area (Å²) in [4.78, 5) is 21.9. The standard InChI is InChI=1S/C32H30N8O3/c1-43-27(41)17-32(42)15-13-21(14-16-32)28-29(39-26-10-6-5-9-25(26)37-38-39)30(33)40-31(36-28)23(19-35-40)22-11-12-24(34-18-22)20-7-3-2-4-8-20/h2-12,18-19,21,42H,13-17,33H2,1H3. The van der Waals surface area contributed by atoms with Crippen molar-refractivity contribution in [3.63, 3.8) is 0 Å². The molecule has 6 aromatic rings. The van der Waals surface area contributed by atoms with Gasteiger partial charge in [0.25, 0.3) is 0 Å². The van der Waals surface area contributed by atoms with Gasteiger partial charge in [0.05, 0.1) is 42.2 Å². The molecule has 3 N–H and O–H groups in total. The van der Waals surface area contributed by atoms with Crippen molar-refractivity contribution in [2.45, 2.75) is 43.6 Å². The Kier molecular flexibility index (Phi) is 6.58. The zero-order chi connectivity index (χ0) is 29.6. The van der Waals surface area contributed by atoms with E-state index in [1.807, 2.05) is 72.9 Å². The molecule has 0 radical (unpaired) electrons. The number of fused-ring (bicyclic) bond motifs is 2. The first kappa shape index (κ1) is 26.7. The number of esters is 1. The van der Waals surface area contributed by atoms with Gasteiger partial charge in [-0.25, -0.2) is 9.67 Å². The molecule has 11 heteroatoms. The lowest BCUT2D eigenvalue weighted by Gasteiger charge is -2.35. The SMILES string of the molecule is COC(=O)CC1(O)CCC(c2nc3c(-c4ccc(-c5ccccc5)nc4)cnn3c(N)c2-n2nnc3ccccc32)CC1. The molecule has 4 aromatic heterocycles. The summed E-state index contributed by atoms with van der Waals surface area (Å²) in [6, 6.07) is 21.7. The molecule has 43 heavy (non-hydrogen) atoms. The third-order valence-electron chi connectivity index (χ3n) is 8.40. The van der Waals surface area contributed by atoms with Gasteiger partial charge in [0.1, 0.15) is 11.2 Å². The minimum Gasteiger partial charge on any atom is -0.469 e. The van der Waals surface area contributed by atoms with Crippen LogP contribution in [0.3, 0.4) is 0 Å². The zero-order valence-corrected chi connectivity index (χ0v) is 23.6. The van der Waals surface area contributed by atoms with Gasteiger partial charge in [-0.1, -0.05) is 53.7 Å². The third-order valence-corrected chi connectivity index (χ3v) is 8.40. The maximum atomic E-state index is 12.0. The van der Waals surface area contributed by atoms with Crippen LogP contribution in [0.25, 0.3) is 44.8 Å². The maximum absolute atomic E-state index is 12.0. The predicted molar refractivity (Wildman–Crippen MR) is 161 cm³/mol. The van der Waals surface area contributed by atoms with Crippen molar-refractivity contribution in [1.29, 1.82) is 0 Å². The normalized spacial score (nSPS) is 18.7. The number of hydrogen-bond donors (Lipinski definition) is 2. The number of carbonyl (C=O) groups excluding carboxylic acids is 1. The van der Waals surface area contributed by atoms with Gasteiger partial charge < -0.3 is 15.6 Å². The van der Waals surface area contributed by atoms with Gasteiger partial charge in [-0.05, 0) is 43.9 Å².